The van der Waals surface area contributed by atoms with Crippen molar-refractivity contribution in [2.24, 2.45) is 0 Å². The highest BCUT2D eigenvalue weighted by atomic mass is 19.4. The van der Waals surface area contributed by atoms with E-state index in [1.165, 1.54) is 4.90 Å². The van der Waals surface area contributed by atoms with Gasteiger partial charge in [0.15, 0.2) is 6.61 Å². The van der Waals surface area contributed by atoms with Gasteiger partial charge in [-0.25, -0.2) is 4.79 Å². The predicted molar refractivity (Wildman–Crippen MR) is 111 cm³/mol. The first-order valence-electron chi connectivity index (χ1n) is 10.5. The minimum atomic E-state index is -5.08. The van der Waals surface area contributed by atoms with Crippen molar-refractivity contribution >= 4 is 29.6 Å². The smallest absolute Gasteiger partial charge is 0.483 e. The molecule has 1 aromatic carbocycles. The number of rotatable bonds is 5. The number of benzene rings is 1. The first-order chi connectivity index (χ1) is 16.3. The Morgan fingerprint density at radius 2 is 1.91 bits per heavy atom. The molecule has 1 unspecified atom stereocenters. The Bertz CT molecular complexity index is 1060. The summed E-state index contributed by atoms with van der Waals surface area (Å²) in [5.41, 5.74) is 0.858. The van der Waals surface area contributed by atoms with Crippen LogP contribution in [0, 0.1) is 0 Å². The lowest BCUT2D eigenvalue weighted by Gasteiger charge is -2.39. The van der Waals surface area contributed by atoms with Gasteiger partial charge in [-0.3, -0.25) is 24.5 Å². The molecule has 3 aliphatic rings. The van der Waals surface area contributed by atoms with Gasteiger partial charge in [0, 0.05) is 30.6 Å². The normalized spacial score (nSPS) is 20.6. The monoisotopic (exact) mass is 500 g/mol. The molecule has 11 nitrogen and oxygen atoms in total. The Morgan fingerprint density at radius 1 is 1.26 bits per heavy atom. The van der Waals surface area contributed by atoms with E-state index in [2.05, 4.69) is 16.0 Å². The van der Waals surface area contributed by atoms with Crippen LogP contribution in [0.2, 0.25) is 0 Å². The van der Waals surface area contributed by atoms with Gasteiger partial charge in [-0.2, -0.15) is 13.2 Å². The number of amides is 4. The van der Waals surface area contributed by atoms with Gasteiger partial charge in [0.25, 0.3) is 11.8 Å². The summed E-state index contributed by atoms with van der Waals surface area (Å²) in [6.07, 6.45) is -4.58. The molecule has 4 amide bonds. The van der Waals surface area contributed by atoms with Crippen LogP contribution >= 0.6 is 0 Å². The van der Waals surface area contributed by atoms with Crippen molar-refractivity contribution in [2.75, 3.05) is 19.7 Å². The second-order valence-electron chi connectivity index (χ2n) is 8.49. The van der Waals surface area contributed by atoms with Gasteiger partial charge in [0.2, 0.25) is 11.8 Å². The van der Waals surface area contributed by atoms with E-state index in [-0.39, 0.29) is 42.8 Å². The van der Waals surface area contributed by atoms with Gasteiger partial charge in [-0.05, 0) is 25.5 Å². The molecule has 0 radical (unpaired) electrons. The number of piperidine rings is 1. The van der Waals surface area contributed by atoms with Crippen LogP contribution in [0.15, 0.2) is 18.2 Å². The highest BCUT2D eigenvalue weighted by Gasteiger charge is 2.40. The van der Waals surface area contributed by atoms with Gasteiger partial charge in [0.1, 0.15) is 11.8 Å². The molecule has 2 fully saturated rings. The van der Waals surface area contributed by atoms with Crippen LogP contribution in [0.4, 0.5) is 13.2 Å². The Kier molecular flexibility index (Phi) is 7.33. The number of nitrogens with one attached hydrogen (secondary N) is 3. The lowest BCUT2D eigenvalue weighted by molar-refractivity contribution is -0.192. The summed E-state index contributed by atoms with van der Waals surface area (Å²) in [5, 5.41) is 15.4. The fourth-order valence-electron chi connectivity index (χ4n) is 3.80. The molecule has 0 aliphatic carbocycles. The number of aliphatic carboxylic acids is 1. The fourth-order valence-corrected chi connectivity index (χ4v) is 3.80. The van der Waals surface area contributed by atoms with Crippen LogP contribution in [0.5, 0.6) is 5.75 Å². The van der Waals surface area contributed by atoms with E-state index >= 15 is 0 Å². The summed E-state index contributed by atoms with van der Waals surface area (Å²) in [7, 11) is 0. The van der Waals surface area contributed by atoms with Crippen LogP contribution in [-0.2, 0) is 25.7 Å². The van der Waals surface area contributed by atoms with Gasteiger partial charge in [0.05, 0.1) is 12.1 Å². The number of hydrogen-bond donors (Lipinski definition) is 4. The van der Waals surface area contributed by atoms with E-state index in [9.17, 15) is 32.3 Å². The Morgan fingerprint density at radius 3 is 2.46 bits per heavy atom. The molecule has 0 bridgehead atoms. The van der Waals surface area contributed by atoms with E-state index in [0.717, 1.165) is 13.1 Å². The van der Waals surface area contributed by atoms with E-state index in [1.54, 1.807) is 18.2 Å². The lowest BCUT2D eigenvalue weighted by atomic mass is 9.95. The zero-order chi connectivity index (χ0) is 26.0. The topological polar surface area (TPSA) is 154 Å². The number of alkyl halides is 3. The number of hydrogen-bond acceptors (Lipinski definition) is 7. The van der Waals surface area contributed by atoms with Crippen molar-refractivity contribution in [2.45, 2.75) is 44.1 Å². The first kappa shape index (κ1) is 25.9. The summed E-state index contributed by atoms with van der Waals surface area (Å²) in [4.78, 5) is 58.8. The average molecular weight is 500 g/mol. The number of carboxylic acid groups (broad SMARTS) is 1. The van der Waals surface area contributed by atoms with Gasteiger partial charge in [-0.1, -0.05) is 6.07 Å². The average Bonchev–Trinajstić information content (AvgIpc) is 3.08. The number of carbonyl (C=O) groups excluding carboxylic acids is 4. The number of carbonyl (C=O) groups is 5. The molecule has 4 N–H and O–H groups in total. The molecule has 0 aromatic heterocycles. The third kappa shape index (κ3) is 6.07. The minimum absolute atomic E-state index is 0.154. The molecule has 14 heteroatoms. The quantitative estimate of drug-likeness (QED) is 0.410. The number of imide groups is 1. The highest BCUT2D eigenvalue weighted by Crippen LogP contribution is 2.33. The molecule has 1 atom stereocenters. The predicted octanol–water partition coefficient (Wildman–Crippen LogP) is -0.0622. The molecule has 3 heterocycles. The Labute approximate surface area is 197 Å². The standard InChI is InChI=1S/C19H22N4O5.C2HF3O2/c1-19(9-20-10-19)22-16(25)8-28-14-4-2-3-11-12(14)7-23(18(11)27)13-5-6-15(24)21-17(13)26;3-2(4,5)1(6)7/h2-4,13,20H,5-10H2,1H3,(H,22,25)(H,21,24,26);(H,6,7). The minimum Gasteiger partial charge on any atom is -0.483 e. The van der Waals surface area contributed by atoms with Gasteiger partial charge >= 0.3 is 12.1 Å². The third-order valence-electron chi connectivity index (χ3n) is 5.61. The number of nitrogens with zero attached hydrogens (tertiary/aromatic N) is 1. The van der Waals surface area contributed by atoms with E-state index in [1.807, 2.05) is 6.92 Å². The Balaban J connectivity index is 0.000000429. The van der Waals surface area contributed by atoms with E-state index in [0.29, 0.717) is 23.3 Å². The van der Waals surface area contributed by atoms with Crippen LogP contribution in [-0.4, -0.2) is 77.1 Å². The summed E-state index contributed by atoms with van der Waals surface area (Å²) < 4.78 is 37.4. The number of halogens is 3. The SMILES string of the molecule is CC1(NC(=O)COc2cccc3c2CN(C2CCC(=O)NC2=O)C3=O)CNC1.O=C(O)C(F)(F)F. The van der Waals surface area contributed by atoms with Crippen molar-refractivity contribution < 1.29 is 47.0 Å². The van der Waals surface area contributed by atoms with Gasteiger partial charge in [-0.15, -0.1) is 0 Å². The summed E-state index contributed by atoms with van der Waals surface area (Å²) in [6.45, 7) is 3.44. The molecule has 0 saturated carbocycles. The van der Waals surface area contributed by atoms with Crippen molar-refractivity contribution in [1.29, 1.82) is 0 Å². The molecule has 1 aromatic rings. The third-order valence-corrected chi connectivity index (χ3v) is 5.61. The van der Waals surface area contributed by atoms with Crippen LogP contribution < -0.4 is 20.7 Å². The van der Waals surface area contributed by atoms with Crippen LogP contribution in [0.25, 0.3) is 0 Å². The number of carboxylic acids is 1. The zero-order valence-electron chi connectivity index (χ0n) is 18.5. The van der Waals surface area contributed by atoms with Crippen molar-refractivity contribution in [3.8, 4) is 5.75 Å². The lowest BCUT2D eigenvalue weighted by Crippen LogP contribution is -2.67. The summed E-state index contributed by atoms with van der Waals surface area (Å²) in [5.74, 6) is -3.59. The number of ether oxygens (including phenoxy) is 1. The molecule has 190 valence electrons. The summed E-state index contributed by atoms with van der Waals surface area (Å²) in [6, 6.07) is 4.40. The van der Waals surface area contributed by atoms with E-state index in [4.69, 9.17) is 14.6 Å². The van der Waals surface area contributed by atoms with Crippen LogP contribution in [0.1, 0.15) is 35.7 Å². The molecular formula is C21H23F3N4O7. The zero-order valence-corrected chi connectivity index (χ0v) is 18.5. The molecule has 3 aliphatic heterocycles. The molecule has 4 rings (SSSR count). The fraction of sp³-hybridized carbons (Fsp3) is 0.476. The number of fused-ring (bicyclic) bond motifs is 1. The highest BCUT2D eigenvalue weighted by molar-refractivity contribution is 6.05. The molecule has 35 heavy (non-hydrogen) atoms. The molecule has 0 spiro atoms. The summed E-state index contributed by atoms with van der Waals surface area (Å²) >= 11 is 0. The van der Waals surface area contributed by atoms with Gasteiger partial charge < -0.3 is 25.4 Å². The largest absolute Gasteiger partial charge is 0.490 e. The van der Waals surface area contributed by atoms with Crippen molar-refractivity contribution in [3.63, 3.8) is 0 Å². The second-order valence-corrected chi connectivity index (χ2v) is 8.49. The first-order valence-corrected chi connectivity index (χ1v) is 10.5. The maximum atomic E-state index is 12.8. The Hall–Kier alpha value is -3.68. The van der Waals surface area contributed by atoms with Crippen LogP contribution in [0.3, 0.4) is 0 Å². The van der Waals surface area contributed by atoms with Crippen molar-refractivity contribution in [1.82, 2.24) is 20.9 Å². The molecule has 2 saturated heterocycles. The second kappa shape index (κ2) is 9.90. The maximum absolute atomic E-state index is 12.8. The van der Waals surface area contributed by atoms with E-state index < -0.39 is 24.1 Å². The maximum Gasteiger partial charge on any atom is 0.490 e. The molecular weight excluding hydrogens is 477 g/mol. The van der Waals surface area contributed by atoms with Crippen molar-refractivity contribution in [3.05, 3.63) is 29.3 Å².